The van der Waals surface area contributed by atoms with E-state index in [4.69, 9.17) is 4.74 Å². The Balaban J connectivity index is 1.96. The van der Waals surface area contributed by atoms with Gasteiger partial charge in [-0.2, -0.15) is 5.10 Å². The van der Waals surface area contributed by atoms with Gasteiger partial charge in [-0.1, -0.05) is 12.1 Å². The summed E-state index contributed by atoms with van der Waals surface area (Å²) in [7, 11) is 3.58. The van der Waals surface area contributed by atoms with Crippen LogP contribution in [-0.4, -0.2) is 26.9 Å². The normalized spacial score (nSPS) is 12.4. The highest BCUT2D eigenvalue weighted by Gasteiger charge is 2.16. The molecule has 0 aliphatic rings. The molecule has 1 aromatic carbocycles. The molecule has 0 aliphatic heterocycles. The fourth-order valence-corrected chi connectivity index (χ4v) is 2.73. The second-order valence-corrected chi connectivity index (χ2v) is 5.66. The maximum atomic E-state index is 5.21. The van der Waals surface area contributed by atoms with Gasteiger partial charge in [0, 0.05) is 7.05 Å². The standard InChI is InChI=1S/C17H21N5O/c1-10(13-6-8-14(23-5)9-7-13)18-17-16-15(19-12(3)20-17)11(2)21-22(16)4/h6-10H,1-5H3,(H,18,19,20). The number of ether oxygens (including phenoxy) is 1. The summed E-state index contributed by atoms with van der Waals surface area (Å²) in [6, 6.07) is 8.13. The van der Waals surface area contributed by atoms with Crippen molar-refractivity contribution in [3.8, 4) is 5.75 Å². The molecule has 3 aromatic rings. The smallest absolute Gasteiger partial charge is 0.156 e. The summed E-state index contributed by atoms with van der Waals surface area (Å²) >= 11 is 0. The van der Waals surface area contributed by atoms with Crippen molar-refractivity contribution in [2.24, 2.45) is 7.05 Å². The average molecular weight is 311 g/mol. The number of anilines is 1. The molecule has 6 nitrogen and oxygen atoms in total. The Morgan fingerprint density at radius 1 is 1.13 bits per heavy atom. The first kappa shape index (κ1) is 15.3. The van der Waals surface area contributed by atoms with Gasteiger partial charge in [0.1, 0.15) is 22.6 Å². The topological polar surface area (TPSA) is 64.9 Å². The number of rotatable bonds is 4. The van der Waals surface area contributed by atoms with Crippen molar-refractivity contribution in [2.75, 3.05) is 12.4 Å². The van der Waals surface area contributed by atoms with Gasteiger partial charge in [-0.3, -0.25) is 4.68 Å². The Labute approximate surface area is 135 Å². The predicted molar refractivity (Wildman–Crippen MR) is 90.8 cm³/mol. The van der Waals surface area contributed by atoms with Gasteiger partial charge in [0.2, 0.25) is 0 Å². The van der Waals surface area contributed by atoms with E-state index >= 15 is 0 Å². The van der Waals surface area contributed by atoms with E-state index in [1.165, 1.54) is 0 Å². The van der Waals surface area contributed by atoms with Gasteiger partial charge in [0.15, 0.2) is 5.82 Å². The van der Waals surface area contributed by atoms with Crippen molar-refractivity contribution in [1.29, 1.82) is 0 Å². The van der Waals surface area contributed by atoms with Crippen LogP contribution in [0.5, 0.6) is 5.75 Å². The Kier molecular flexibility index (Phi) is 3.90. The first-order valence-electron chi connectivity index (χ1n) is 7.58. The highest BCUT2D eigenvalue weighted by Crippen LogP contribution is 2.26. The summed E-state index contributed by atoms with van der Waals surface area (Å²) in [6.07, 6.45) is 0. The molecule has 0 saturated heterocycles. The van der Waals surface area contributed by atoms with Crippen molar-refractivity contribution in [3.05, 3.63) is 41.3 Å². The second-order valence-electron chi connectivity index (χ2n) is 5.66. The van der Waals surface area contributed by atoms with Gasteiger partial charge in [0.05, 0.1) is 18.8 Å². The SMILES string of the molecule is COc1ccc(C(C)Nc2nc(C)nc3c(C)nn(C)c23)cc1. The van der Waals surface area contributed by atoms with Crippen LogP contribution in [0.3, 0.4) is 0 Å². The summed E-state index contributed by atoms with van der Waals surface area (Å²) in [5.74, 6) is 2.39. The van der Waals surface area contributed by atoms with Crippen molar-refractivity contribution in [2.45, 2.75) is 26.8 Å². The van der Waals surface area contributed by atoms with Crippen LogP contribution in [0.25, 0.3) is 11.0 Å². The summed E-state index contributed by atoms with van der Waals surface area (Å²) < 4.78 is 7.03. The van der Waals surface area contributed by atoms with Crippen LogP contribution in [0.1, 0.15) is 30.0 Å². The molecule has 0 aliphatic carbocycles. The molecule has 0 bridgehead atoms. The fourth-order valence-electron chi connectivity index (χ4n) is 2.73. The van der Waals surface area contributed by atoms with E-state index in [2.05, 4.69) is 39.4 Å². The lowest BCUT2D eigenvalue weighted by Crippen LogP contribution is -2.10. The van der Waals surface area contributed by atoms with Crippen molar-refractivity contribution < 1.29 is 4.74 Å². The number of fused-ring (bicyclic) bond motifs is 1. The van der Waals surface area contributed by atoms with E-state index < -0.39 is 0 Å². The molecular formula is C17H21N5O. The Morgan fingerprint density at radius 2 is 1.83 bits per heavy atom. The van der Waals surface area contributed by atoms with Gasteiger partial charge in [-0.05, 0) is 38.5 Å². The lowest BCUT2D eigenvalue weighted by Gasteiger charge is -2.16. The zero-order valence-electron chi connectivity index (χ0n) is 14.1. The van der Waals surface area contributed by atoms with Crippen LogP contribution in [0.2, 0.25) is 0 Å². The summed E-state index contributed by atoms with van der Waals surface area (Å²) in [5.41, 5.74) is 3.89. The van der Waals surface area contributed by atoms with E-state index in [0.29, 0.717) is 0 Å². The van der Waals surface area contributed by atoms with Crippen LogP contribution in [-0.2, 0) is 7.05 Å². The number of aromatic nitrogens is 4. The van der Waals surface area contributed by atoms with E-state index in [9.17, 15) is 0 Å². The molecule has 1 unspecified atom stereocenters. The fraction of sp³-hybridized carbons (Fsp3) is 0.353. The third kappa shape index (κ3) is 2.84. The number of hydrogen-bond donors (Lipinski definition) is 1. The lowest BCUT2D eigenvalue weighted by atomic mass is 10.1. The molecule has 23 heavy (non-hydrogen) atoms. The Morgan fingerprint density at radius 3 is 2.48 bits per heavy atom. The molecule has 6 heteroatoms. The quantitative estimate of drug-likeness (QED) is 0.802. The number of hydrogen-bond acceptors (Lipinski definition) is 5. The van der Waals surface area contributed by atoms with Crippen LogP contribution in [0.15, 0.2) is 24.3 Å². The molecule has 0 amide bonds. The molecular weight excluding hydrogens is 290 g/mol. The number of methoxy groups -OCH3 is 1. The zero-order chi connectivity index (χ0) is 16.6. The molecule has 1 atom stereocenters. The minimum Gasteiger partial charge on any atom is -0.497 e. The lowest BCUT2D eigenvalue weighted by molar-refractivity contribution is 0.414. The molecule has 0 fully saturated rings. The van der Waals surface area contributed by atoms with Crippen LogP contribution >= 0.6 is 0 Å². The third-order valence-electron chi connectivity index (χ3n) is 3.93. The number of nitrogens with zero attached hydrogens (tertiary/aromatic N) is 4. The van der Waals surface area contributed by atoms with Crippen LogP contribution < -0.4 is 10.1 Å². The Hall–Kier alpha value is -2.63. The van der Waals surface area contributed by atoms with Crippen LogP contribution in [0.4, 0.5) is 5.82 Å². The molecule has 0 radical (unpaired) electrons. The van der Waals surface area contributed by atoms with E-state index in [-0.39, 0.29) is 6.04 Å². The molecule has 120 valence electrons. The van der Waals surface area contributed by atoms with E-state index in [1.807, 2.05) is 37.7 Å². The summed E-state index contributed by atoms with van der Waals surface area (Å²) in [6.45, 7) is 5.97. The third-order valence-corrected chi connectivity index (χ3v) is 3.93. The second kappa shape index (κ2) is 5.87. The molecule has 0 saturated carbocycles. The van der Waals surface area contributed by atoms with Gasteiger partial charge >= 0.3 is 0 Å². The minimum atomic E-state index is 0.105. The van der Waals surface area contributed by atoms with E-state index in [0.717, 1.165) is 39.7 Å². The van der Waals surface area contributed by atoms with Gasteiger partial charge < -0.3 is 10.1 Å². The van der Waals surface area contributed by atoms with Gasteiger partial charge in [-0.25, -0.2) is 9.97 Å². The zero-order valence-corrected chi connectivity index (χ0v) is 14.1. The average Bonchev–Trinajstić information content (AvgIpc) is 2.81. The van der Waals surface area contributed by atoms with Crippen molar-refractivity contribution in [1.82, 2.24) is 19.7 Å². The molecule has 0 spiro atoms. The largest absolute Gasteiger partial charge is 0.497 e. The number of nitrogens with one attached hydrogen (secondary N) is 1. The predicted octanol–water partition coefficient (Wildman–Crippen LogP) is 3.16. The van der Waals surface area contributed by atoms with Gasteiger partial charge in [-0.15, -0.1) is 0 Å². The maximum Gasteiger partial charge on any atom is 0.156 e. The van der Waals surface area contributed by atoms with Gasteiger partial charge in [0.25, 0.3) is 0 Å². The highest BCUT2D eigenvalue weighted by atomic mass is 16.5. The molecule has 2 aromatic heterocycles. The molecule has 3 rings (SSSR count). The first-order chi connectivity index (χ1) is 11.0. The monoisotopic (exact) mass is 311 g/mol. The van der Waals surface area contributed by atoms with Crippen molar-refractivity contribution in [3.63, 3.8) is 0 Å². The molecule has 2 heterocycles. The minimum absolute atomic E-state index is 0.105. The number of aryl methyl sites for hydroxylation is 3. The summed E-state index contributed by atoms with van der Waals surface area (Å²) in [5, 5.41) is 7.93. The first-order valence-corrected chi connectivity index (χ1v) is 7.58. The van der Waals surface area contributed by atoms with E-state index in [1.54, 1.807) is 7.11 Å². The summed E-state index contributed by atoms with van der Waals surface area (Å²) in [4.78, 5) is 9.08. The Bertz CT molecular complexity index is 838. The van der Waals surface area contributed by atoms with Crippen molar-refractivity contribution >= 4 is 16.9 Å². The van der Waals surface area contributed by atoms with Crippen LogP contribution in [0, 0.1) is 13.8 Å². The maximum absolute atomic E-state index is 5.21. The highest BCUT2D eigenvalue weighted by molar-refractivity contribution is 5.87. The molecule has 1 N–H and O–H groups in total. The number of benzene rings is 1.